The molecule has 0 saturated heterocycles. The van der Waals surface area contributed by atoms with E-state index in [-0.39, 0.29) is 30.2 Å². The van der Waals surface area contributed by atoms with Crippen LogP contribution in [0.2, 0.25) is 0 Å². The van der Waals surface area contributed by atoms with E-state index >= 15 is 0 Å². The molecule has 0 saturated carbocycles. The Morgan fingerprint density at radius 2 is 1.80 bits per heavy atom. The lowest BCUT2D eigenvalue weighted by Crippen LogP contribution is -2.32. The van der Waals surface area contributed by atoms with Crippen molar-refractivity contribution in [3.05, 3.63) is 81.2 Å². The summed E-state index contributed by atoms with van der Waals surface area (Å²) < 4.78 is 5.78. The number of aryl methyl sites for hydroxylation is 1. The van der Waals surface area contributed by atoms with Gasteiger partial charge in [0.05, 0.1) is 23.6 Å². The molecule has 126 valence electrons. The van der Waals surface area contributed by atoms with Crippen LogP contribution in [0.3, 0.4) is 0 Å². The first-order valence-corrected chi connectivity index (χ1v) is 8.16. The molecule has 25 heavy (non-hydrogen) atoms. The Kier molecular flexibility index (Phi) is 3.66. The van der Waals surface area contributed by atoms with Gasteiger partial charge in [-0.05, 0) is 24.6 Å². The van der Waals surface area contributed by atoms with Crippen molar-refractivity contribution in [1.29, 1.82) is 0 Å². The van der Waals surface area contributed by atoms with Gasteiger partial charge >= 0.3 is 0 Å². The maximum Gasteiger partial charge on any atom is 0.290 e. The largest absolute Gasteiger partial charge is 0.450 e. The molecule has 1 aliphatic heterocycles. The summed E-state index contributed by atoms with van der Waals surface area (Å²) in [7, 11) is 0. The first-order chi connectivity index (χ1) is 12.1. The highest BCUT2D eigenvalue weighted by atomic mass is 16.3. The van der Waals surface area contributed by atoms with Crippen molar-refractivity contribution >= 4 is 16.9 Å². The van der Waals surface area contributed by atoms with Gasteiger partial charge in [-0.1, -0.05) is 42.0 Å². The summed E-state index contributed by atoms with van der Waals surface area (Å²) in [4.78, 5) is 27.4. The predicted molar refractivity (Wildman–Crippen MR) is 93.6 cm³/mol. The number of hydrogen-bond donors (Lipinski definition) is 1. The molecular weight excluding hydrogens is 318 g/mol. The maximum absolute atomic E-state index is 13.1. The minimum Gasteiger partial charge on any atom is -0.450 e. The number of carbonyl (C=O) groups is 1. The van der Waals surface area contributed by atoms with Gasteiger partial charge < -0.3 is 14.4 Å². The van der Waals surface area contributed by atoms with Crippen LogP contribution in [0.4, 0.5) is 0 Å². The quantitative estimate of drug-likeness (QED) is 0.799. The topological polar surface area (TPSA) is 70.8 Å². The van der Waals surface area contributed by atoms with Gasteiger partial charge in [-0.15, -0.1) is 0 Å². The van der Waals surface area contributed by atoms with E-state index in [2.05, 4.69) is 0 Å². The molecule has 5 heteroatoms. The van der Waals surface area contributed by atoms with Crippen LogP contribution in [0.5, 0.6) is 0 Å². The van der Waals surface area contributed by atoms with Crippen LogP contribution in [0.1, 0.15) is 33.3 Å². The van der Waals surface area contributed by atoms with Crippen LogP contribution in [-0.4, -0.2) is 29.1 Å². The number of carbonyl (C=O) groups excluding carboxylic acids is 1. The fourth-order valence-corrected chi connectivity index (χ4v) is 3.40. The highest BCUT2D eigenvalue weighted by Gasteiger charge is 2.42. The molecule has 1 N–H and O–H groups in total. The highest BCUT2D eigenvalue weighted by Crippen LogP contribution is 2.37. The van der Waals surface area contributed by atoms with E-state index in [4.69, 9.17) is 4.42 Å². The number of hydrogen-bond acceptors (Lipinski definition) is 4. The summed E-state index contributed by atoms with van der Waals surface area (Å²) in [5.41, 5.74) is 2.46. The zero-order valence-corrected chi connectivity index (χ0v) is 13.7. The third-order valence-corrected chi connectivity index (χ3v) is 4.61. The molecule has 3 aromatic rings. The Balaban J connectivity index is 2.00. The highest BCUT2D eigenvalue weighted by molar-refractivity contribution is 5.99. The monoisotopic (exact) mass is 335 g/mol. The van der Waals surface area contributed by atoms with Crippen molar-refractivity contribution in [2.75, 3.05) is 13.2 Å². The number of amides is 1. The SMILES string of the molecule is Cc1ccc([C@@H]2c3c(oc4ccccc4c3=O)C(=O)N2CCO)cc1. The van der Waals surface area contributed by atoms with Gasteiger partial charge in [0.15, 0.2) is 5.43 Å². The van der Waals surface area contributed by atoms with Gasteiger partial charge in [0.2, 0.25) is 5.76 Å². The number of aliphatic hydroxyl groups excluding tert-OH is 1. The third-order valence-electron chi connectivity index (χ3n) is 4.61. The maximum atomic E-state index is 13.1. The van der Waals surface area contributed by atoms with Crippen LogP contribution in [0.15, 0.2) is 57.7 Å². The molecule has 1 atom stereocenters. The van der Waals surface area contributed by atoms with E-state index in [9.17, 15) is 14.7 Å². The summed E-state index contributed by atoms with van der Waals surface area (Å²) in [6.45, 7) is 1.93. The van der Waals surface area contributed by atoms with Gasteiger partial charge in [-0.2, -0.15) is 0 Å². The Morgan fingerprint density at radius 3 is 2.52 bits per heavy atom. The molecule has 0 spiro atoms. The smallest absolute Gasteiger partial charge is 0.290 e. The van der Waals surface area contributed by atoms with Gasteiger partial charge in [-0.3, -0.25) is 9.59 Å². The van der Waals surface area contributed by atoms with Gasteiger partial charge in [0, 0.05) is 6.54 Å². The predicted octanol–water partition coefficient (Wildman–Crippen LogP) is 2.64. The van der Waals surface area contributed by atoms with E-state index in [1.54, 1.807) is 24.3 Å². The number of benzene rings is 2. The van der Waals surface area contributed by atoms with Gasteiger partial charge in [0.25, 0.3) is 5.91 Å². The Hall–Kier alpha value is -2.92. The number of β-amino-alcohol motifs (C(OH)–C–C–N with tert-alkyl or cyclic N) is 1. The van der Waals surface area contributed by atoms with Gasteiger partial charge in [0.1, 0.15) is 5.58 Å². The first kappa shape index (κ1) is 15.6. The molecule has 1 aliphatic rings. The van der Waals surface area contributed by atoms with Crippen molar-refractivity contribution in [2.24, 2.45) is 0 Å². The molecule has 4 rings (SSSR count). The molecule has 0 radical (unpaired) electrons. The van der Waals surface area contributed by atoms with Crippen LogP contribution < -0.4 is 5.43 Å². The molecule has 0 bridgehead atoms. The summed E-state index contributed by atoms with van der Waals surface area (Å²) in [6.07, 6.45) is 0. The number of fused-ring (bicyclic) bond motifs is 2. The average Bonchev–Trinajstić information content (AvgIpc) is 2.89. The molecule has 0 unspecified atom stereocenters. The Labute approximate surface area is 144 Å². The molecule has 2 heterocycles. The summed E-state index contributed by atoms with van der Waals surface area (Å²) >= 11 is 0. The minimum atomic E-state index is -0.545. The van der Waals surface area contributed by atoms with E-state index in [1.807, 2.05) is 31.2 Å². The van der Waals surface area contributed by atoms with E-state index < -0.39 is 6.04 Å². The second-order valence-corrected chi connectivity index (χ2v) is 6.21. The van der Waals surface area contributed by atoms with Crippen molar-refractivity contribution in [3.63, 3.8) is 0 Å². The first-order valence-electron chi connectivity index (χ1n) is 8.16. The molecule has 0 fully saturated rings. The summed E-state index contributed by atoms with van der Waals surface area (Å²) in [5, 5.41) is 9.84. The number of nitrogens with zero attached hydrogens (tertiary/aromatic N) is 1. The van der Waals surface area contributed by atoms with Crippen molar-refractivity contribution in [3.8, 4) is 0 Å². The fourth-order valence-electron chi connectivity index (χ4n) is 3.40. The molecular formula is C20H17NO4. The summed E-state index contributed by atoms with van der Waals surface area (Å²) in [6, 6.07) is 14.1. The standard InChI is InChI=1S/C20H17NO4/c1-12-6-8-13(9-7-12)17-16-18(23)14-4-2-3-5-15(14)25-19(16)20(24)21(17)10-11-22/h2-9,17,22H,10-11H2,1H3/t17-/m1/s1. The lowest BCUT2D eigenvalue weighted by molar-refractivity contribution is 0.0691. The van der Waals surface area contributed by atoms with Crippen LogP contribution in [0, 0.1) is 6.92 Å². The second-order valence-electron chi connectivity index (χ2n) is 6.21. The molecule has 2 aromatic carbocycles. The van der Waals surface area contributed by atoms with Crippen molar-refractivity contribution in [2.45, 2.75) is 13.0 Å². The van der Waals surface area contributed by atoms with E-state index in [1.165, 1.54) is 4.90 Å². The minimum absolute atomic E-state index is 0.0720. The van der Waals surface area contributed by atoms with E-state index in [0.717, 1.165) is 11.1 Å². The third kappa shape index (κ3) is 2.36. The van der Waals surface area contributed by atoms with Crippen LogP contribution >= 0.6 is 0 Å². The second kappa shape index (κ2) is 5.86. The van der Waals surface area contributed by atoms with Crippen molar-refractivity contribution in [1.82, 2.24) is 4.90 Å². The molecule has 1 aromatic heterocycles. The summed E-state index contributed by atoms with van der Waals surface area (Å²) in [5.74, 6) is -0.291. The number of aliphatic hydroxyl groups is 1. The van der Waals surface area contributed by atoms with Crippen LogP contribution in [-0.2, 0) is 0 Å². The number of para-hydroxylation sites is 1. The fraction of sp³-hybridized carbons (Fsp3) is 0.200. The molecule has 1 amide bonds. The van der Waals surface area contributed by atoms with Gasteiger partial charge in [-0.25, -0.2) is 0 Å². The Bertz CT molecular complexity index is 1020. The lowest BCUT2D eigenvalue weighted by atomic mass is 9.98. The zero-order valence-electron chi connectivity index (χ0n) is 13.7. The zero-order chi connectivity index (χ0) is 17.6. The molecule has 0 aliphatic carbocycles. The van der Waals surface area contributed by atoms with E-state index in [0.29, 0.717) is 16.5 Å². The van der Waals surface area contributed by atoms with Crippen molar-refractivity contribution < 1.29 is 14.3 Å². The molecule has 5 nitrogen and oxygen atoms in total. The Morgan fingerprint density at radius 1 is 1.08 bits per heavy atom. The lowest BCUT2D eigenvalue weighted by Gasteiger charge is -2.24. The number of rotatable bonds is 3. The van der Waals surface area contributed by atoms with Crippen LogP contribution in [0.25, 0.3) is 11.0 Å². The normalized spacial score (nSPS) is 16.5. The average molecular weight is 335 g/mol.